The van der Waals surface area contributed by atoms with Gasteiger partial charge in [0.15, 0.2) is 6.73 Å². The quantitative estimate of drug-likeness (QED) is 0.614. The van der Waals surface area contributed by atoms with Crippen molar-refractivity contribution in [2.24, 2.45) is 0 Å². The van der Waals surface area contributed by atoms with Crippen molar-refractivity contribution < 1.29 is 24.0 Å². The Labute approximate surface area is 142 Å². The maximum atomic E-state index is 12.0. The minimum atomic E-state index is -0.543. The van der Waals surface area contributed by atoms with Crippen molar-refractivity contribution in [3.05, 3.63) is 59.7 Å². The van der Waals surface area contributed by atoms with Gasteiger partial charge < -0.3 is 4.74 Å². The summed E-state index contributed by atoms with van der Waals surface area (Å²) >= 11 is 0. The summed E-state index contributed by atoms with van der Waals surface area (Å²) in [5.41, 5.74) is 3.32. The molecule has 0 aliphatic carbocycles. The van der Waals surface area contributed by atoms with Crippen molar-refractivity contribution in [1.82, 2.24) is 20.3 Å². The van der Waals surface area contributed by atoms with Gasteiger partial charge in [0.05, 0.1) is 12.2 Å². The van der Waals surface area contributed by atoms with Gasteiger partial charge in [-0.25, -0.2) is 15.4 Å². The lowest BCUT2D eigenvalue weighted by atomic mass is 10.2. The molecule has 1 aliphatic heterocycles. The molecule has 1 aromatic carbocycles. The summed E-state index contributed by atoms with van der Waals surface area (Å²) in [5.74, 6) is -1.69. The molecule has 1 N–H and O–H groups in total. The van der Waals surface area contributed by atoms with E-state index < -0.39 is 17.8 Å². The molecule has 0 radical (unpaired) electrons. The third kappa shape index (κ3) is 4.15. The first-order valence-corrected chi connectivity index (χ1v) is 7.36. The summed E-state index contributed by atoms with van der Waals surface area (Å²) in [7, 11) is 0. The fourth-order valence-electron chi connectivity index (χ4n) is 2.04. The van der Waals surface area contributed by atoms with Gasteiger partial charge in [0.2, 0.25) is 5.82 Å². The van der Waals surface area contributed by atoms with Crippen molar-refractivity contribution in [2.75, 3.05) is 13.3 Å². The van der Waals surface area contributed by atoms with E-state index in [1.54, 1.807) is 0 Å². The number of aromatic nitrogens is 2. The molecule has 1 saturated heterocycles. The third-order valence-corrected chi connectivity index (χ3v) is 3.34. The Morgan fingerprint density at radius 3 is 2.56 bits per heavy atom. The molecule has 25 heavy (non-hydrogen) atoms. The van der Waals surface area contributed by atoms with Crippen molar-refractivity contribution in [3.63, 3.8) is 0 Å². The van der Waals surface area contributed by atoms with Crippen molar-refractivity contribution in [1.29, 1.82) is 0 Å². The van der Waals surface area contributed by atoms with E-state index in [0.717, 1.165) is 5.56 Å². The van der Waals surface area contributed by atoms with Gasteiger partial charge in [-0.15, -0.1) is 0 Å². The van der Waals surface area contributed by atoms with Crippen LogP contribution in [-0.2, 0) is 21.0 Å². The van der Waals surface area contributed by atoms with Crippen LogP contribution in [0.1, 0.15) is 26.5 Å². The number of nitrogens with zero attached hydrogens (tertiary/aromatic N) is 3. The number of rotatable bonds is 5. The monoisotopic (exact) mass is 342 g/mol. The van der Waals surface area contributed by atoms with Crippen LogP contribution in [0.2, 0.25) is 0 Å². The number of hydroxylamine groups is 1. The highest BCUT2D eigenvalue weighted by Crippen LogP contribution is 2.06. The number of esters is 1. The summed E-state index contributed by atoms with van der Waals surface area (Å²) in [4.78, 5) is 49.0. The molecule has 128 valence electrons. The van der Waals surface area contributed by atoms with Crippen molar-refractivity contribution in [3.8, 4) is 0 Å². The van der Waals surface area contributed by atoms with Crippen molar-refractivity contribution >= 4 is 17.8 Å². The molecule has 1 fully saturated rings. The van der Waals surface area contributed by atoms with Gasteiger partial charge in [0, 0.05) is 12.4 Å². The summed E-state index contributed by atoms with van der Waals surface area (Å²) in [6.45, 7) is -0.0542. The van der Waals surface area contributed by atoms with Gasteiger partial charge >= 0.3 is 5.97 Å². The van der Waals surface area contributed by atoms with Crippen LogP contribution in [0.25, 0.3) is 0 Å². The minimum absolute atomic E-state index is 0.125. The molecular weight excluding hydrogens is 328 g/mol. The standard InChI is InChI=1S/C16H14N4O5/c21-13-8-20(10-24-13)16(23)14-17-6-12(7-18-14)15(22)19-25-9-11-4-2-1-3-5-11/h1-7H,8-10H2,(H,19,22). The van der Waals surface area contributed by atoms with Gasteiger partial charge in [-0.3, -0.25) is 24.1 Å². The molecule has 2 amide bonds. The number of cyclic esters (lactones) is 1. The Balaban J connectivity index is 1.53. The van der Waals surface area contributed by atoms with E-state index in [1.165, 1.54) is 17.3 Å². The van der Waals surface area contributed by atoms with Gasteiger partial charge in [-0.05, 0) is 5.56 Å². The van der Waals surface area contributed by atoms with Crippen molar-refractivity contribution in [2.45, 2.75) is 6.61 Å². The first-order valence-electron chi connectivity index (χ1n) is 7.36. The fraction of sp³-hybridized carbons (Fsp3) is 0.188. The number of carbonyl (C=O) groups excluding carboxylic acids is 3. The zero-order chi connectivity index (χ0) is 17.6. The first-order chi connectivity index (χ1) is 12.1. The maximum Gasteiger partial charge on any atom is 0.327 e. The summed E-state index contributed by atoms with van der Waals surface area (Å²) in [6, 6.07) is 9.34. The van der Waals surface area contributed by atoms with Crippen LogP contribution in [0.5, 0.6) is 0 Å². The molecule has 2 heterocycles. The second-order valence-corrected chi connectivity index (χ2v) is 5.15. The van der Waals surface area contributed by atoms with Gasteiger partial charge in [0.25, 0.3) is 11.8 Å². The van der Waals surface area contributed by atoms with Crippen LogP contribution in [0.3, 0.4) is 0 Å². The van der Waals surface area contributed by atoms with Gasteiger partial charge in [-0.2, -0.15) is 0 Å². The van der Waals surface area contributed by atoms with E-state index >= 15 is 0 Å². The van der Waals surface area contributed by atoms with E-state index in [2.05, 4.69) is 20.2 Å². The molecule has 3 rings (SSSR count). The maximum absolute atomic E-state index is 12.0. The Morgan fingerprint density at radius 2 is 1.92 bits per heavy atom. The van der Waals surface area contributed by atoms with Crippen LogP contribution in [0, 0.1) is 0 Å². The minimum Gasteiger partial charge on any atom is -0.443 e. The molecule has 9 heteroatoms. The molecule has 9 nitrogen and oxygen atoms in total. The van der Waals surface area contributed by atoms with E-state index in [-0.39, 0.29) is 31.3 Å². The summed E-state index contributed by atoms with van der Waals surface area (Å²) in [5, 5.41) is 0. The highest BCUT2D eigenvalue weighted by molar-refractivity contribution is 5.95. The molecule has 2 aromatic rings. The topological polar surface area (TPSA) is 111 Å². The first kappa shape index (κ1) is 16.5. The number of hydrogen-bond acceptors (Lipinski definition) is 7. The molecule has 0 saturated carbocycles. The number of benzene rings is 1. The van der Waals surface area contributed by atoms with Crippen LogP contribution >= 0.6 is 0 Å². The lowest BCUT2D eigenvalue weighted by molar-refractivity contribution is -0.136. The zero-order valence-electron chi connectivity index (χ0n) is 13.0. The average Bonchev–Trinajstić information content (AvgIpc) is 3.08. The number of carbonyl (C=O) groups is 3. The smallest absolute Gasteiger partial charge is 0.327 e. The van der Waals surface area contributed by atoms with Crippen LogP contribution < -0.4 is 5.48 Å². The Morgan fingerprint density at radius 1 is 1.20 bits per heavy atom. The predicted octanol–water partition coefficient (Wildman–Crippen LogP) is 0.295. The fourth-order valence-corrected chi connectivity index (χ4v) is 2.04. The molecule has 1 aliphatic rings. The summed E-state index contributed by atoms with van der Waals surface area (Å²) in [6.07, 6.45) is 2.42. The van der Waals surface area contributed by atoms with Gasteiger partial charge in [-0.1, -0.05) is 30.3 Å². The molecule has 0 spiro atoms. The number of hydrogen-bond donors (Lipinski definition) is 1. The van der Waals surface area contributed by atoms with Crippen LogP contribution in [0.15, 0.2) is 42.7 Å². The van der Waals surface area contributed by atoms with Crippen LogP contribution in [-0.4, -0.2) is 45.9 Å². The highest BCUT2D eigenvalue weighted by Gasteiger charge is 2.28. The molecule has 1 aromatic heterocycles. The Bertz CT molecular complexity index is 779. The van der Waals surface area contributed by atoms with E-state index in [0.29, 0.717) is 0 Å². The average molecular weight is 342 g/mol. The predicted molar refractivity (Wildman–Crippen MR) is 82.7 cm³/mol. The normalized spacial score (nSPS) is 13.4. The molecule has 0 atom stereocenters. The second kappa shape index (κ2) is 7.49. The lowest BCUT2D eigenvalue weighted by Gasteiger charge is -2.10. The largest absolute Gasteiger partial charge is 0.443 e. The number of ether oxygens (including phenoxy) is 1. The molecule has 0 unspecified atom stereocenters. The van der Waals surface area contributed by atoms with E-state index in [4.69, 9.17) is 4.84 Å². The number of amides is 2. The zero-order valence-corrected chi connectivity index (χ0v) is 13.0. The lowest BCUT2D eigenvalue weighted by Crippen LogP contribution is -2.30. The molecule has 0 bridgehead atoms. The third-order valence-electron chi connectivity index (χ3n) is 3.34. The van der Waals surface area contributed by atoms with Crippen LogP contribution in [0.4, 0.5) is 0 Å². The Hall–Kier alpha value is -3.33. The van der Waals surface area contributed by atoms with E-state index in [9.17, 15) is 14.4 Å². The number of nitrogens with one attached hydrogen (secondary N) is 1. The second-order valence-electron chi connectivity index (χ2n) is 5.15. The summed E-state index contributed by atoms with van der Waals surface area (Å²) < 4.78 is 4.68. The SMILES string of the molecule is O=C1CN(C(=O)c2ncc(C(=O)NOCc3ccccc3)cn2)CO1. The highest BCUT2D eigenvalue weighted by atomic mass is 16.6. The molecular formula is C16H14N4O5. The Kier molecular flexibility index (Phi) is 4.95. The van der Waals surface area contributed by atoms with Gasteiger partial charge in [0.1, 0.15) is 6.54 Å². The van der Waals surface area contributed by atoms with E-state index in [1.807, 2.05) is 30.3 Å².